The molecular formula is C17H23ClFN5O. The SMILES string of the molecule is Cl.NCCn1cc(C(=O)N2CCC(Cc3ccc(F)cc3)CC2)nn1. The quantitative estimate of drug-likeness (QED) is 0.875. The van der Waals surface area contributed by atoms with Gasteiger partial charge in [0.05, 0.1) is 12.7 Å². The number of carbonyl (C=O) groups is 1. The van der Waals surface area contributed by atoms with Gasteiger partial charge < -0.3 is 10.6 Å². The number of nitrogens with zero attached hydrogens (tertiary/aromatic N) is 4. The number of benzene rings is 1. The largest absolute Gasteiger partial charge is 0.337 e. The van der Waals surface area contributed by atoms with Crippen molar-refractivity contribution in [2.24, 2.45) is 11.7 Å². The number of nitrogens with two attached hydrogens (primary N) is 1. The van der Waals surface area contributed by atoms with Crippen LogP contribution in [0.1, 0.15) is 28.9 Å². The maximum absolute atomic E-state index is 13.0. The maximum Gasteiger partial charge on any atom is 0.276 e. The van der Waals surface area contributed by atoms with E-state index in [9.17, 15) is 9.18 Å². The number of piperidine rings is 1. The fraction of sp³-hybridized carbons (Fsp3) is 0.471. The molecule has 0 saturated carbocycles. The first-order valence-corrected chi connectivity index (χ1v) is 8.29. The summed E-state index contributed by atoms with van der Waals surface area (Å²) in [7, 11) is 0. The third-order valence-electron chi connectivity index (χ3n) is 4.46. The van der Waals surface area contributed by atoms with Crippen molar-refractivity contribution in [3.05, 3.63) is 47.5 Å². The second-order valence-electron chi connectivity index (χ2n) is 6.22. The van der Waals surface area contributed by atoms with E-state index in [-0.39, 0.29) is 24.1 Å². The van der Waals surface area contributed by atoms with Crippen LogP contribution in [0.4, 0.5) is 4.39 Å². The van der Waals surface area contributed by atoms with E-state index >= 15 is 0 Å². The van der Waals surface area contributed by atoms with Crippen molar-refractivity contribution in [2.45, 2.75) is 25.8 Å². The van der Waals surface area contributed by atoms with Crippen LogP contribution in [0.15, 0.2) is 30.5 Å². The minimum absolute atomic E-state index is 0. The van der Waals surface area contributed by atoms with Crippen LogP contribution in [0.25, 0.3) is 0 Å². The van der Waals surface area contributed by atoms with E-state index in [1.165, 1.54) is 12.1 Å². The van der Waals surface area contributed by atoms with Crippen molar-refractivity contribution in [1.29, 1.82) is 0 Å². The van der Waals surface area contributed by atoms with Gasteiger partial charge in [-0.25, -0.2) is 4.39 Å². The molecule has 1 fully saturated rings. The highest BCUT2D eigenvalue weighted by molar-refractivity contribution is 5.92. The third-order valence-corrected chi connectivity index (χ3v) is 4.46. The molecule has 0 unspecified atom stereocenters. The molecule has 0 bridgehead atoms. The van der Waals surface area contributed by atoms with Gasteiger partial charge in [-0.1, -0.05) is 17.3 Å². The first-order chi connectivity index (χ1) is 11.7. The van der Waals surface area contributed by atoms with Crippen molar-refractivity contribution < 1.29 is 9.18 Å². The summed E-state index contributed by atoms with van der Waals surface area (Å²) in [4.78, 5) is 14.3. The first kappa shape index (κ1) is 19.3. The first-order valence-electron chi connectivity index (χ1n) is 8.29. The van der Waals surface area contributed by atoms with E-state index < -0.39 is 0 Å². The van der Waals surface area contributed by atoms with Gasteiger partial charge in [0, 0.05) is 19.6 Å². The molecule has 1 aromatic heterocycles. The molecule has 1 aliphatic heterocycles. The van der Waals surface area contributed by atoms with E-state index in [0.717, 1.165) is 24.8 Å². The lowest BCUT2D eigenvalue weighted by molar-refractivity contribution is 0.0684. The number of carbonyl (C=O) groups excluding carboxylic acids is 1. The molecule has 1 aromatic carbocycles. The zero-order valence-electron chi connectivity index (χ0n) is 14.0. The molecular weight excluding hydrogens is 345 g/mol. The lowest BCUT2D eigenvalue weighted by atomic mass is 9.90. The molecule has 25 heavy (non-hydrogen) atoms. The molecule has 1 amide bonds. The molecule has 6 nitrogen and oxygen atoms in total. The molecule has 1 saturated heterocycles. The lowest BCUT2D eigenvalue weighted by Gasteiger charge is -2.31. The van der Waals surface area contributed by atoms with Crippen LogP contribution in [0.2, 0.25) is 0 Å². The van der Waals surface area contributed by atoms with Crippen molar-refractivity contribution in [2.75, 3.05) is 19.6 Å². The summed E-state index contributed by atoms with van der Waals surface area (Å²) in [5, 5.41) is 7.84. The summed E-state index contributed by atoms with van der Waals surface area (Å²) >= 11 is 0. The van der Waals surface area contributed by atoms with Crippen LogP contribution in [-0.2, 0) is 13.0 Å². The number of rotatable bonds is 5. The highest BCUT2D eigenvalue weighted by atomic mass is 35.5. The summed E-state index contributed by atoms with van der Waals surface area (Å²) in [6, 6.07) is 6.67. The molecule has 0 radical (unpaired) electrons. The lowest BCUT2D eigenvalue weighted by Crippen LogP contribution is -2.39. The molecule has 0 aliphatic carbocycles. The minimum atomic E-state index is -0.207. The van der Waals surface area contributed by atoms with Crippen LogP contribution < -0.4 is 5.73 Å². The smallest absolute Gasteiger partial charge is 0.276 e. The number of amides is 1. The predicted octanol–water partition coefficient (Wildman–Crippen LogP) is 1.89. The molecule has 1 aliphatic rings. The Kier molecular flexibility index (Phi) is 6.90. The number of hydrogen-bond acceptors (Lipinski definition) is 4. The van der Waals surface area contributed by atoms with Crippen LogP contribution in [0.3, 0.4) is 0 Å². The fourth-order valence-corrected chi connectivity index (χ4v) is 3.09. The minimum Gasteiger partial charge on any atom is -0.337 e. The van der Waals surface area contributed by atoms with Crippen LogP contribution in [0, 0.1) is 11.7 Å². The van der Waals surface area contributed by atoms with Crippen LogP contribution in [0.5, 0.6) is 0 Å². The van der Waals surface area contributed by atoms with Crippen molar-refractivity contribution in [3.63, 3.8) is 0 Å². The topological polar surface area (TPSA) is 77.0 Å². The van der Waals surface area contributed by atoms with Crippen molar-refractivity contribution in [3.8, 4) is 0 Å². The van der Waals surface area contributed by atoms with E-state index in [0.29, 0.717) is 37.8 Å². The molecule has 8 heteroatoms. The number of aromatic nitrogens is 3. The van der Waals surface area contributed by atoms with E-state index in [4.69, 9.17) is 5.73 Å². The molecule has 3 rings (SSSR count). The highest BCUT2D eigenvalue weighted by Gasteiger charge is 2.25. The Morgan fingerprint density at radius 2 is 1.92 bits per heavy atom. The second kappa shape index (κ2) is 8.92. The molecule has 136 valence electrons. The fourth-order valence-electron chi connectivity index (χ4n) is 3.09. The Morgan fingerprint density at radius 3 is 2.56 bits per heavy atom. The van der Waals surface area contributed by atoms with Gasteiger partial charge in [-0.15, -0.1) is 17.5 Å². The molecule has 2 N–H and O–H groups in total. The van der Waals surface area contributed by atoms with E-state index in [1.54, 1.807) is 10.9 Å². The average molecular weight is 368 g/mol. The van der Waals surface area contributed by atoms with Gasteiger partial charge in [0.15, 0.2) is 5.69 Å². The molecule has 2 aromatic rings. The van der Waals surface area contributed by atoms with Crippen molar-refractivity contribution >= 4 is 18.3 Å². The van der Waals surface area contributed by atoms with E-state index in [2.05, 4.69) is 10.3 Å². The second-order valence-corrected chi connectivity index (χ2v) is 6.22. The number of likely N-dealkylation sites (tertiary alicyclic amines) is 1. The van der Waals surface area contributed by atoms with Gasteiger partial charge in [-0.05, 0) is 42.9 Å². The molecule has 0 atom stereocenters. The summed E-state index contributed by atoms with van der Waals surface area (Å²) in [5.74, 6) is 0.243. The number of halogens is 2. The van der Waals surface area contributed by atoms with Gasteiger partial charge >= 0.3 is 0 Å². The maximum atomic E-state index is 13.0. The summed E-state index contributed by atoms with van der Waals surface area (Å²) in [6.07, 6.45) is 4.47. The third kappa shape index (κ3) is 4.99. The zero-order chi connectivity index (χ0) is 16.9. The highest BCUT2D eigenvalue weighted by Crippen LogP contribution is 2.22. The standard InChI is InChI=1S/C17H22FN5O.ClH/c18-15-3-1-13(2-4-15)11-14-5-8-22(9-6-14)17(24)16-12-23(10-7-19)21-20-16;/h1-4,12,14H,5-11,19H2;1H. The van der Waals surface area contributed by atoms with Gasteiger partial charge in [-0.2, -0.15) is 0 Å². The molecule has 0 spiro atoms. The van der Waals surface area contributed by atoms with Gasteiger partial charge in [0.25, 0.3) is 5.91 Å². The van der Waals surface area contributed by atoms with Gasteiger partial charge in [0.2, 0.25) is 0 Å². The zero-order valence-corrected chi connectivity index (χ0v) is 14.8. The Labute approximate surface area is 152 Å². The summed E-state index contributed by atoms with van der Waals surface area (Å²) in [6.45, 7) is 2.45. The monoisotopic (exact) mass is 367 g/mol. The van der Waals surface area contributed by atoms with Crippen LogP contribution in [-0.4, -0.2) is 45.4 Å². The average Bonchev–Trinajstić information content (AvgIpc) is 3.06. The number of hydrogen-bond donors (Lipinski definition) is 1. The predicted molar refractivity (Wildman–Crippen MR) is 95.1 cm³/mol. The Balaban J connectivity index is 0.00000225. The Morgan fingerprint density at radius 1 is 1.24 bits per heavy atom. The van der Waals surface area contributed by atoms with Gasteiger partial charge in [0.1, 0.15) is 5.82 Å². The summed E-state index contributed by atoms with van der Waals surface area (Å²) < 4.78 is 14.5. The summed E-state index contributed by atoms with van der Waals surface area (Å²) in [5.41, 5.74) is 6.99. The van der Waals surface area contributed by atoms with Crippen molar-refractivity contribution in [1.82, 2.24) is 19.9 Å². The Bertz CT molecular complexity index is 683. The van der Waals surface area contributed by atoms with E-state index in [1.807, 2.05) is 17.0 Å². The van der Waals surface area contributed by atoms with Gasteiger partial charge in [-0.3, -0.25) is 9.48 Å². The molecule has 2 heterocycles. The van der Waals surface area contributed by atoms with Crippen LogP contribution >= 0.6 is 12.4 Å². The normalized spacial score (nSPS) is 15.0. The Hall–Kier alpha value is -1.99.